The molecule has 1 fully saturated rings. The molecule has 2 nitrogen and oxygen atoms in total. The second-order valence-electron chi connectivity index (χ2n) is 3.07. The van der Waals surface area contributed by atoms with Gasteiger partial charge < -0.3 is 5.11 Å². The summed E-state index contributed by atoms with van der Waals surface area (Å²) in [6.07, 6.45) is 4.79. The number of hydrogen-bond donors (Lipinski definition) is 1. The molecule has 11 heavy (non-hydrogen) atoms. The van der Waals surface area contributed by atoms with Gasteiger partial charge in [-0.25, -0.2) is 0 Å². The molecule has 0 bridgehead atoms. The number of aliphatic hydroxyl groups excluding tert-OH is 1. The van der Waals surface area contributed by atoms with Gasteiger partial charge in [0.2, 0.25) is 0 Å². The SMILES string of the molecule is OC[C@H]1C[C@@H]1c1cccnc1. The first kappa shape index (κ1) is 6.80. The highest BCUT2D eigenvalue weighted by molar-refractivity contribution is 5.21. The Labute approximate surface area is 65.9 Å². The van der Waals surface area contributed by atoms with E-state index in [1.807, 2.05) is 12.3 Å². The van der Waals surface area contributed by atoms with E-state index >= 15 is 0 Å². The average Bonchev–Trinajstić information content (AvgIpc) is 2.85. The van der Waals surface area contributed by atoms with Gasteiger partial charge in [0, 0.05) is 19.0 Å². The first-order valence-corrected chi connectivity index (χ1v) is 3.92. The molecule has 1 aromatic rings. The Morgan fingerprint density at radius 1 is 1.64 bits per heavy atom. The van der Waals surface area contributed by atoms with Crippen molar-refractivity contribution < 1.29 is 5.11 Å². The van der Waals surface area contributed by atoms with Crippen LogP contribution < -0.4 is 0 Å². The number of hydrogen-bond acceptors (Lipinski definition) is 2. The third-order valence-electron chi connectivity index (χ3n) is 2.27. The Balaban J connectivity index is 2.09. The van der Waals surface area contributed by atoms with E-state index < -0.39 is 0 Å². The van der Waals surface area contributed by atoms with Crippen LogP contribution in [0.15, 0.2) is 24.5 Å². The second kappa shape index (κ2) is 2.62. The van der Waals surface area contributed by atoms with Crippen LogP contribution in [-0.4, -0.2) is 16.7 Å². The van der Waals surface area contributed by atoms with Crippen molar-refractivity contribution in [2.45, 2.75) is 12.3 Å². The highest BCUT2D eigenvalue weighted by atomic mass is 16.3. The smallest absolute Gasteiger partial charge is 0.0465 e. The molecule has 1 aliphatic rings. The van der Waals surface area contributed by atoms with Gasteiger partial charge in [-0.3, -0.25) is 4.98 Å². The highest BCUT2D eigenvalue weighted by Gasteiger charge is 2.37. The van der Waals surface area contributed by atoms with Crippen molar-refractivity contribution in [3.05, 3.63) is 30.1 Å². The van der Waals surface area contributed by atoms with Gasteiger partial charge in [-0.1, -0.05) is 6.07 Å². The molecule has 2 heteroatoms. The molecule has 0 amide bonds. The van der Waals surface area contributed by atoms with E-state index in [9.17, 15) is 0 Å². The minimum Gasteiger partial charge on any atom is -0.396 e. The molecule has 1 N–H and O–H groups in total. The molecule has 1 aromatic heterocycles. The third-order valence-corrected chi connectivity index (χ3v) is 2.27. The Morgan fingerprint density at radius 2 is 2.55 bits per heavy atom. The number of aliphatic hydroxyl groups is 1. The summed E-state index contributed by atoms with van der Waals surface area (Å²) < 4.78 is 0. The topological polar surface area (TPSA) is 33.1 Å². The van der Waals surface area contributed by atoms with Crippen molar-refractivity contribution in [2.75, 3.05) is 6.61 Å². The molecule has 0 unspecified atom stereocenters. The lowest BCUT2D eigenvalue weighted by molar-refractivity contribution is 0.274. The van der Waals surface area contributed by atoms with Crippen molar-refractivity contribution in [3.8, 4) is 0 Å². The van der Waals surface area contributed by atoms with Crippen LogP contribution in [0.1, 0.15) is 17.9 Å². The largest absolute Gasteiger partial charge is 0.396 e. The van der Waals surface area contributed by atoms with Crippen molar-refractivity contribution in [1.82, 2.24) is 4.98 Å². The Hall–Kier alpha value is -0.890. The lowest BCUT2D eigenvalue weighted by atomic mass is 10.1. The van der Waals surface area contributed by atoms with Crippen LogP contribution in [0, 0.1) is 5.92 Å². The first-order chi connectivity index (χ1) is 5.42. The van der Waals surface area contributed by atoms with Gasteiger partial charge in [-0.2, -0.15) is 0 Å². The molecule has 0 radical (unpaired) electrons. The molecule has 0 spiro atoms. The number of aromatic nitrogens is 1. The van der Waals surface area contributed by atoms with E-state index in [-0.39, 0.29) is 0 Å². The lowest BCUT2D eigenvalue weighted by Gasteiger charge is -1.95. The van der Waals surface area contributed by atoms with Gasteiger partial charge in [0.15, 0.2) is 0 Å². The number of nitrogens with zero attached hydrogens (tertiary/aromatic N) is 1. The lowest BCUT2D eigenvalue weighted by Crippen LogP contribution is -1.88. The summed E-state index contributed by atoms with van der Waals surface area (Å²) in [5, 5.41) is 8.82. The van der Waals surface area contributed by atoms with Gasteiger partial charge in [-0.05, 0) is 29.9 Å². The van der Waals surface area contributed by atoms with Crippen LogP contribution in [0.3, 0.4) is 0 Å². The van der Waals surface area contributed by atoms with Crippen LogP contribution in [0.2, 0.25) is 0 Å². The second-order valence-corrected chi connectivity index (χ2v) is 3.07. The van der Waals surface area contributed by atoms with Gasteiger partial charge in [0.1, 0.15) is 0 Å². The molecule has 1 heterocycles. The Kier molecular flexibility index (Phi) is 1.62. The van der Waals surface area contributed by atoms with Crippen molar-refractivity contribution in [2.24, 2.45) is 5.92 Å². The predicted octanol–water partition coefficient (Wildman–Crippen LogP) is 1.18. The van der Waals surface area contributed by atoms with Crippen LogP contribution >= 0.6 is 0 Å². The van der Waals surface area contributed by atoms with Crippen molar-refractivity contribution in [1.29, 1.82) is 0 Å². The third kappa shape index (κ3) is 1.26. The molecule has 2 atom stereocenters. The maximum absolute atomic E-state index is 8.82. The fraction of sp³-hybridized carbons (Fsp3) is 0.444. The van der Waals surface area contributed by atoms with Gasteiger partial charge in [0.25, 0.3) is 0 Å². The zero-order valence-corrected chi connectivity index (χ0v) is 6.27. The summed E-state index contributed by atoms with van der Waals surface area (Å²) in [6, 6.07) is 4.02. The van der Waals surface area contributed by atoms with E-state index in [1.54, 1.807) is 6.20 Å². The van der Waals surface area contributed by atoms with E-state index in [0.717, 1.165) is 6.42 Å². The standard InChI is InChI=1S/C9H11NO/c11-6-8-4-9(8)7-2-1-3-10-5-7/h1-3,5,8-9,11H,4,6H2/t8-,9-/m1/s1. The summed E-state index contributed by atoms with van der Waals surface area (Å²) in [4.78, 5) is 4.03. The summed E-state index contributed by atoms with van der Waals surface area (Å²) in [5.74, 6) is 1.08. The molecule has 0 saturated heterocycles. The molecule has 58 valence electrons. The fourth-order valence-corrected chi connectivity index (χ4v) is 1.45. The summed E-state index contributed by atoms with van der Waals surface area (Å²) >= 11 is 0. The normalized spacial score (nSPS) is 28.5. The predicted molar refractivity (Wildman–Crippen MR) is 42.2 cm³/mol. The number of rotatable bonds is 2. The molecular weight excluding hydrogens is 138 g/mol. The molecule has 0 aliphatic heterocycles. The van der Waals surface area contributed by atoms with Crippen LogP contribution in [0.4, 0.5) is 0 Å². The molecule has 1 aliphatic carbocycles. The van der Waals surface area contributed by atoms with Gasteiger partial charge in [-0.15, -0.1) is 0 Å². The zero-order chi connectivity index (χ0) is 7.68. The summed E-state index contributed by atoms with van der Waals surface area (Å²) in [6.45, 7) is 0.319. The van der Waals surface area contributed by atoms with E-state index in [2.05, 4.69) is 11.1 Å². The molecule has 1 saturated carbocycles. The van der Waals surface area contributed by atoms with E-state index in [0.29, 0.717) is 18.4 Å². The quantitative estimate of drug-likeness (QED) is 0.684. The zero-order valence-electron chi connectivity index (χ0n) is 6.27. The van der Waals surface area contributed by atoms with Crippen molar-refractivity contribution >= 4 is 0 Å². The Bertz CT molecular complexity index is 235. The van der Waals surface area contributed by atoms with Gasteiger partial charge >= 0.3 is 0 Å². The maximum Gasteiger partial charge on any atom is 0.0465 e. The monoisotopic (exact) mass is 149 g/mol. The van der Waals surface area contributed by atoms with E-state index in [4.69, 9.17) is 5.11 Å². The summed E-state index contributed by atoms with van der Waals surface area (Å²) in [7, 11) is 0. The average molecular weight is 149 g/mol. The van der Waals surface area contributed by atoms with Crippen LogP contribution in [0.25, 0.3) is 0 Å². The van der Waals surface area contributed by atoms with Crippen LogP contribution in [0.5, 0.6) is 0 Å². The van der Waals surface area contributed by atoms with E-state index in [1.165, 1.54) is 5.56 Å². The molecule has 0 aromatic carbocycles. The minimum atomic E-state index is 0.319. The minimum absolute atomic E-state index is 0.319. The maximum atomic E-state index is 8.82. The van der Waals surface area contributed by atoms with Crippen molar-refractivity contribution in [3.63, 3.8) is 0 Å². The molecule has 2 rings (SSSR count). The highest BCUT2D eigenvalue weighted by Crippen LogP contribution is 2.46. The summed E-state index contributed by atoms with van der Waals surface area (Å²) in [5.41, 5.74) is 1.27. The fourth-order valence-electron chi connectivity index (χ4n) is 1.45. The Morgan fingerprint density at radius 3 is 3.09 bits per heavy atom. The van der Waals surface area contributed by atoms with Gasteiger partial charge in [0.05, 0.1) is 0 Å². The van der Waals surface area contributed by atoms with Crippen LogP contribution in [-0.2, 0) is 0 Å². The number of pyridine rings is 1. The molecular formula is C9H11NO. The first-order valence-electron chi connectivity index (χ1n) is 3.92.